The smallest absolute Gasteiger partial charge is 0.258 e. The lowest BCUT2D eigenvalue weighted by Gasteiger charge is -2.30. The van der Waals surface area contributed by atoms with E-state index >= 15 is 0 Å². The summed E-state index contributed by atoms with van der Waals surface area (Å²) >= 11 is 0. The third-order valence-electron chi connectivity index (χ3n) is 5.84. The molecular formula is C20H22FN5O3. The molecule has 8 nitrogen and oxygen atoms in total. The summed E-state index contributed by atoms with van der Waals surface area (Å²) in [5.41, 5.74) is 1.23. The Labute approximate surface area is 166 Å². The fourth-order valence-corrected chi connectivity index (χ4v) is 4.01. The normalized spacial score (nSPS) is 18.3. The average molecular weight is 399 g/mol. The number of carbonyl (C=O) groups excluding carboxylic acids is 1. The van der Waals surface area contributed by atoms with Crippen LogP contribution in [-0.2, 0) is 9.53 Å². The van der Waals surface area contributed by atoms with Crippen LogP contribution in [0, 0.1) is 5.82 Å². The second-order valence-electron chi connectivity index (χ2n) is 7.64. The molecule has 2 aromatic heterocycles. The highest BCUT2D eigenvalue weighted by molar-refractivity contribution is 5.84. The van der Waals surface area contributed by atoms with Crippen molar-refractivity contribution in [3.05, 3.63) is 30.0 Å². The molecule has 0 radical (unpaired) electrons. The van der Waals surface area contributed by atoms with Gasteiger partial charge in [0, 0.05) is 31.0 Å². The van der Waals surface area contributed by atoms with E-state index in [1.54, 1.807) is 4.68 Å². The van der Waals surface area contributed by atoms with Crippen LogP contribution < -0.4 is 0 Å². The van der Waals surface area contributed by atoms with Crippen LogP contribution in [0.2, 0.25) is 0 Å². The van der Waals surface area contributed by atoms with Crippen molar-refractivity contribution in [1.82, 2.24) is 24.8 Å². The number of likely N-dealkylation sites (tertiary alicyclic amines) is 1. The second-order valence-corrected chi connectivity index (χ2v) is 7.64. The van der Waals surface area contributed by atoms with Gasteiger partial charge in [0.2, 0.25) is 5.91 Å². The maximum atomic E-state index is 14.6. The zero-order chi connectivity index (χ0) is 20.0. The average Bonchev–Trinajstić information content (AvgIpc) is 3.34. The summed E-state index contributed by atoms with van der Waals surface area (Å²) in [6, 6.07) is 3.37. The Morgan fingerprint density at radius 2 is 2.07 bits per heavy atom. The third-order valence-corrected chi connectivity index (χ3v) is 5.84. The van der Waals surface area contributed by atoms with Crippen molar-refractivity contribution >= 4 is 16.8 Å². The van der Waals surface area contributed by atoms with Gasteiger partial charge in [-0.25, -0.2) is 4.39 Å². The van der Waals surface area contributed by atoms with Crippen LogP contribution in [0.25, 0.3) is 22.4 Å². The topological polar surface area (TPSA) is 86.3 Å². The first-order valence-electron chi connectivity index (χ1n) is 10.00. The molecule has 0 atom stereocenters. The largest absolute Gasteiger partial charge is 0.377 e. The number of halogens is 1. The number of amides is 1. The maximum Gasteiger partial charge on any atom is 0.258 e. The van der Waals surface area contributed by atoms with Crippen molar-refractivity contribution in [2.75, 3.05) is 26.3 Å². The van der Waals surface area contributed by atoms with E-state index in [9.17, 15) is 9.18 Å². The number of hydrogen-bond donors (Lipinski definition) is 0. The van der Waals surface area contributed by atoms with Crippen molar-refractivity contribution in [2.45, 2.75) is 38.1 Å². The van der Waals surface area contributed by atoms with Gasteiger partial charge in [0.25, 0.3) is 5.89 Å². The van der Waals surface area contributed by atoms with Gasteiger partial charge in [-0.1, -0.05) is 12.1 Å². The van der Waals surface area contributed by atoms with Gasteiger partial charge in [-0.3, -0.25) is 9.48 Å². The number of fused-ring (bicyclic) bond motifs is 1. The van der Waals surface area contributed by atoms with Crippen LogP contribution in [0.4, 0.5) is 4.39 Å². The summed E-state index contributed by atoms with van der Waals surface area (Å²) in [7, 11) is 0. The first-order chi connectivity index (χ1) is 14.1. The van der Waals surface area contributed by atoms with Gasteiger partial charge in [0.15, 0.2) is 5.82 Å². The van der Waals surface area contributed by atoms with Crippen molar-refractivity contribution in [1.29, 1.82) is 0 Å². The van der Waals surface area contributed by atoms with E-state index in [4.69, 9.17) is 9.26 Å². The summed E-state index contributed by atoms with van der Waals surface area (Å²) in [5.74, 6) is 0.861. The molecule has 1 amide bonds. The first-order valence-corrected chi connectivity index (χ1v) is 10.00. The molecule has 152 valence electrons. The molecule has 29 heavy (non-hydrogen) atoms. The molecule has 0 aliphatic carbocycles. The van der Waals surface area contributed by atoms with Crippen molar-refractivity contribution < 1.29 is 18.4 Å². The van der Waals surface area contributed by atoms with E-state index in [2.05, 4.69) is 15.2 Å². The van der Waals surface area contributed by atoms with Crippen molar-refractivity contribution in [3.8, 4) is 11.5 Å². The van der Waals surface area contributed by atoms with Crippen LogP contribution in [0.1, 0.15) is 44.0 Å². The second kappa shape index (κ2) is 7.22. The Bertz CT molecular complexity index is 1050. The van der Waals surface area contributed by atoms with Gasteiger partial charge in [0.1, 0.15) is 5.82 Å². The standard InChI is InChI=1S/C20H22FN5O3/c1-2-18(27)25-5-3-12(4-6-25)19-23-20(29-24-19)13-7-16(21)15-9-22-26(17(15)8-13)14-10-28-11-14/h7-9,12,14H,2-6,10-11H2,1H3. The number of piperidine rings is 1. The summed E-state index contributed by atoms with van der Waals surface area (Å²) < 4.78 is 27.1. The van der Waals surface area contributed by atoms with Gasteiger partial charge >= 0.3 is 0 Å². The highest BCUT2D eigenvalue weighted by Crippen LogP contribution is 2.31. The Morgan fingerprint density at radius 1 is 1.28 bits per heavy atom. The van der Waals surface area contributed by atoms with Crippen molar-refractivity contribution in [2.24, 2.45) is 0 Å². The van der Waals surface area contributed by atoms with Crippen LogP contribution in [0.15, 0.2) is 22.9 Å². The third kappa shape index (κ3) is 3.19. The minimum absolute atomic E-state index is 0.122. The Morgan fingerprint density at radius 3 is 2.76 bits per heavy atom. The summed E-state index contributed by atoms with van der Waals surface area (Å²) in [6.07, 6.45) is 3.66. The molecule has 2 fully saturated rings. The minimum Gasteiger partial charge on any atom is -0.377 e. The van der Waals surface area contributed by atoms with E-state index in [-0.39, 0.29) is 23.7 Å². The quantitative estimate of drug-likeness (QED) is 0.671. The highest BCUT2D eigenvalue weighted by Gasteiger charge is 2.28. The van der Waals surface area contributed by atoms with Gasteiger partial charge in [-0.15, -0.1) is 0 Å². The van der Waals surface area contributed by atoms with Gasteiger partial charge in [-0.2, -0.15) is 10.1 Å². The minimum atomic E-state index is -0.366. The Balaban J connectivity index is 1.39. The number of carbonyl (C=O) groups is 1. The maximum absolute atomic E-state index is 14.6. The first kappa shape index (κ1) is 18.2. The Hall–Kier alpha value is -2.81. The van der Waals surface area contributed by atoms with E-state index in [1.165, 1.54) is 12.3 Å². The number of ether oxygens (including phenoxy) is 1. The predicted molar refractivity (Wildman–Crippen MR) is 102 cm³/mol. The van der Waals surface area contributed by atoms with E-state index in [0.29, 0.717) is 60.9 Å². The summed E-state index contributed by atoms with van der Waals surface area (Å²) in [4.78, 5) is 18.3. The molecular weight excluding hydrogens is 377 g/mol. The predicted octanol–water partition coefficient (Wildman–Crippen LogP) is 2.91. The van der Waals surface area contributed by atoms with Crippen LogP contribution in [0.3, 0.4) is 0 Å². The molecule has 2 aliphatic rings. The number of nitrogens with zero attached hydrogens (tertiary/aromatic N) is 5. The van der Waals surface area contributed by atoms with Gasteiger partial charge in [-0.05, 0) is 25.0 Å². The molecule has 0 N–H and O–H groups in total. The summed E-state index contributed by atoms with van der Waals surface area (Å²) in [5, 5.41) is 8.92. The molecule has 0 bridgehead atoms. The lowest BCUT2D eigenvalue weighted by atomic mass is 9.96. The molecule has 3 aromatic rings. The highest BCUT2D eigenvalue weighted by atomic mass is 19.1. The zero-order valence-corrected chi connectivity index (χ0v) is 16.2. The number of aromatic nitrogens is 4. The van der Waals surface area contributed by atoms with Crippen LogP contribution >= 0.6 is 0 Å². The van der Waals surface area contributed by atoms with E-state index in [1.807, 2.05) is 17.9 Å². The molecule has 0 unspecified atom stereocenters. The molecule has 4 heterocycles. The van der Waals surface area contributed by atoms with Crippen LogP contribution in [0.5, 0.6) is 0 Å². The lowest BCUT2D eigenvalue weighted by molar-refractivity contribution is -0.131. The van der Waals surface area contributed by atoms with Crippen LogP contribution in [-0.4, -0.2) is 57.0 Å². The number of benzene rings is 1. The lowest BCUT2D eigenvalue weighted by Crippen LogP contribution is -2.37. The molecule has 1 aromatic carbocycles. The number of rotatable bonds is 4. The van der Waals surface area contributed by atoms with Gasteiger partial charge < -0.3 is 14.2 Å². The molecule has 0 spiro atoms. The Kier molecular flexibility index (Phi) is 4.54. The van der Waals surface area contributed by atoms with Crippen molar-refractivity contribution in [3.63, 3.8) is 0 Å². The fraction of sp³-hybridized carbons (Fsp3) is 0.500. The molecule has 5 rings (SSSR count). The number of hydrogen-bond acceptors (Lipinski definition) is 6. The van der Waals surface area contributed by atoms with E-state index < -0.39 is 0 Å². The van der Waals surface area contributed by atoms with E-state index in [0.717, 1.165) is 12.8 Å². The monoisotopic (exact) mass is 399 g/mol. The molecule has 2 aliphatic heterocycles. The van der Waals surface area contributed by atoms with Gasteiger partial charge in [0.05, 0.1) is 36.4 Å². The molecule has 9 heteroatoms. The fourth-order valence-electron chi connectivity index (χ4n) is 4.01. The molecule has 2 saturated heterocycles. The summed E-state index contributed by atoms with van der Waals surface area (Å²) in [6.45, 7) is 4.42. The SMILES string of the molecule is CCC(=O)N1CCC(c2noc(-c3cc(F)c4cnn(C5COC5)c4c3)n2)CC1. The molecule has 0 saturated carbocycles. The zero-order valence-electron chi connectivity index (χ0n) is 16.2.